The van der Waals surface area contributed by atoms with Crippen molar-refractivity contribution in [1.82, 2.24) is 5.48 Å². The Morgan fingerprint density at radius 2 is 2.12 bits per heavy atom. The molecule has 4 heteroatoms. The van der Waals surface area contributed by atoms with Crippen molar-refractivity contribution in [3.63, 3.8) is 0 Å². The molecule has 0 bridgehead atoms. The van der Waals surface area contributed by atoms with E-state index in [9.17, 15) is 4.79 Å². The van der Waals surface area contributed by atoms with E-state index in [2.05, 4.69) is 5.48 Å². The number of unbranched alkanes of at least 4 members (excludes halogenated alkanes) is 1. The van der Waals surface area contributed by atoms with Gasteiger partial charge in [-0.3, -0.25) is 4.79 Å². The molecule has 0 aliphatic heterocycles. The number of hydroxylamine groups is 1. The van der Waals surface area contributed by atoms with E-state index in [0.717, 1.165) is 12.8 Å². The minimum atomic E-state index is -0.885. The summed E-state index contributed by atoms with van der Waals surface area (Å²) in [5, 5.41) is 8.94. The summed E-state index contributed by atoms with van der Waals surface area (Å²) in [5.74, 6) is -0.269. The maximum absolute atomic E-state index is 10.9. The summed E-state index contributed by atoms with van der Waals surface area (Å²) >= 11 is 0. The van der Waals surface area contributed by atoms with Crippen LogP contribution in [0.3, 0.4) is 0 Å². The van der Waals surface area contributed by atoms with Gasteiger partial charge in [-0.15, -0.1) is 5.48 Å². The van der Waals surface area contributed by atoms with Crippen LogP contribution in [0.25, 0.3) is 0 Å². The molecule has 0 unspecified atom stereocenters. The molecule has 1 atom stereocenters. The summed E-state index contributed by atoms with van der Waals surface area (Å²) in [5.41, 5.74) is 2.57. The third-order valence-corrected chi connectivity index (χ3v) is 2.21. The number of rotatable bonds is 7. The first-order chi connectivity index (χ1) is 7.74. The largest absolute Gasteiger partial charge is 0.480 e. The number of benzene rings is 1. The van der Waals surface area contributed by atoms with E-state index in [0.29, 0.717) is 12.2 Å². The van der Waals surface area contributed by atoms with E-state index in [4.69, 9.17) is 9.94 Å². The van der Waals surface area contributed by atoms with Crippen molar-refractivity contribution in [3.05, 3.63) is 30.3 Å². The van der Waals surface area contributed by atoms with Crippen LogP contribution in [-0.2, 0) is 4.79 Å². The van der Waals surface area contributed by atoms with E-state index in [1.54, 1.807) is 12.1 Å². The van der Waals surface area contributed by atoms with Gasteiger partial charge in [0.1, 0.15) is 11.8 Å². The highest BCUT2D eigenvalue weighted by molar-refractivity contribution is 5.73. The molecule has 2 N–H and O–H groups in total. The van der Waals surface area contributed by atoms with Crippen LogP contribution in [0.15, 0.2) is 30.3 Å². The molecule has 0 spiro atoms. The van der Waals surface area contributed by atoms with Gasteiger partial charge in [0.2, 0.25) is 0 Å². The van der Waals surface area contributed by atoms with Crippen LogP contribution in [0.2, 0.25) is 0 Å². The van der Waals surface area contributed by atoms with Gasteiger partial charge in [0.15, 0.2) is 0 Å². The predicted octanol–water partition coefficient (Wildman–Crippen LogP) is 2.21. The van der Waals surface area contributed by atoms with Crippen molar-refractivity contribution >= 4 is 5.97 Å². The Kier molecular flexibility index (Phi) is 5.36. The smallest absolute Gasteiger partial charge is 0.324 e. The van der Waals surface area contributed by atoms with Gasteiger partial charge < -0.3 is 9.94 Å². The van der Waals surface area contributed by atoms with Crippen LogP contribution in [-0.4, -0.2) is 17.1 Å². The quantitative estimate of drug-likeness (QED) is 0.696. The fourth-order valence-electron chi connectivity index (χ4n) is 1.27. The maximum Gasteiger partial charge on any atom is 0.324 e. The van der Waals surface area contributed by atoms with Crippen molar-refractivity contribution < 1.29 is 14.7 Å². The molecule has 0 aliphatic rings. The number of aliphatic carboxylic acids is 1. The minimum absolute atomic E-state index is 0.568. The summed E-state index contributed by atoms with van der Waals surface area (Å²) in [6.45, 7) is 2.02. The Morgan fingerprint density at radius 1 is 1.44 bits per heavy atom. The molecule has 88 valence electrons. The molecule has 0 aliphatic carbocycles. The van der Waals surface area contributed by atoms with Gasteiger partial charge in [-0.1, -0.05) is 38.0 Å². The Morgan fingerprint density at radius 3 is 2.69 bits per heavy atom. The van der Waals surface area contributed by atoms with Gasteiger partial charge >= 0.3 is 5.97 Å². The summed E-state index contributed by atoms with van der Waals surface area (Å²) in [6, 6.07) is 8.42. The molecule has 0 saturated carbocycles. The van der Waals surface area contributed by atoms with Gasteiger partial charge in [-0.05, 0) is 18.6 Å². The molecular weight excluding hydrogens is 206 g/mol. The topological polar surface area (TPSA) is 58.6 Å². The van der Waals surface area contributed by atoms with Crippen molar-refractivity contribution in [2.24, 2.45) is 0 Å². The van der Waals surface area contributed by atoms with E-state index < -0.39 is 12.0 Å². The molecule has 1 aromatic rings. The van der Waals surface area contributed by atoms with Gasteiger partial charge in [-0.25, -0.2) is 0 Å². The summed E-state index contributed by atoms with van der Waals surface area (Å²) in [7, 11) is 0. The highest BCUT2D eigenvalue weighted by atomic mass is 16.6. The Labute approximate surface area is 95.2 Å². The van der Waals surface area contributed by atoms with Gasteiger partial charge in [0, 0.05) is 0 Å². The lowest BCUT2D eigenvalue weighted by Crippen LogP contribution is -2.38. The van der Waals surface area contributed by atoms with Crippen molar-refractivity contribution in [2.75, 3.05) is 0 Å². The molecule has 4 nitrogen and oxygen atoms in total. The number of para-hydroxylation sites is 1. The number of hydrogen-bond donors (Lipinski definition) is 2. The molecule has 0 fully saturated rings. The normalized spacial score (nSPS) is 12.1. The standard InChI is InChI=1S/C12H17NO3/c1-2-3-9-11(12(14)15)13-16-10-7-5-4-6-8-10/h4-8,11,13H,2-3,9H2,1H3,(H,14,15)/t11-/m0/s1. The van der Waals surface area contributed by atoms with Crippen molar-refractivity contribution in [2.45, 2.75) is 32.2 Å². The van der Waals surface area contributed by atoms with E-state index >= 15 is 0 Å². The molecule has 0 saturated heterocycles. The molecule has 1 rings (SSSR count). The minimum Gasteiger partial charge on any atom is -0.480 e. The zero-order valence-corrected chi connectivity index (χ0v) is 9.35. The SMILES string of the molecule is CCCC[C@H](NOc1ccccc1)C(=O)O. The summed E-state index contributed by atoms with van der Waals surface area (Å²) in [6.07, 6.45) is 2.40. The van der Waals surface area contributed by atoms with Crippen LogP contribution >= 0.6 is 0 Å². The molecular formula is C12H17NO3. The molecule has 0 heterocycles. The zero-order valence-electron chi connectivity index (χ0n) is 9.35. The first-order valence-electron chi connectivity index (χ1n) is 5.44. The van der Waals surface area contributed by atoms with Gasteiger partial charge in [0.25, 0.3) is 0 Å². The monoisotopic (exact) mass is 223 g/mol. The molecule has 0 amide bonds. The molecule has 0 aromatic heterocycles. The van der Waals surface area contributed by atoms with Gasteiger partial charge in [-0.2, -0.15) is 0 Å². The fraction of sp³-hybridized carbons (Fsp3) is 0.417. The first kappa shape index (κ1) is 12.5. The lowest BCUT2D eigenvalue weighted by Gasteiger charge is -2.14. The Balaban J connectivity index is 2.41. The first-order valence-corrected chi connectivity index (χ1v) is 5.44. The fourth-order valence-corrected chi connectivity index (χ4v) is 1.27. The maximum atomic E-state index is 10.9. The van der Waals surface area contributed by atoms with Crippen molar-refractivity contribution in [1.29, 1.82) is 0 Å². The summed E-state index contributed by atoms with van der Waals surface area (Å²) in [4.78, 5) is 16.1. The van der Waals surface area contributed by atoms with Crippen LogP contribution in [0.1, 0.15) is 26.2 Å². The number of carbonyl (C=O) groups is 1. The van der Waals surface area contributed by atoms with Crippen LogP contribution < -0.4 is 10.3 Å². The highest BCUT2D eigenvalue weighted by Gasteiger charge is 2.16. The molecule has 16 heavy (non-hydrogen) atoms. The van der Waals surface area contributed by atoms with E-state index in [1.165, 1.54) is 0 Å². The lowest BCUT2D eigenvalue weighted by molar-refractivity contribution is -0.142. The molecule has 0 radical (unpaired) electrons. The number of hydrogen-bond acceptors (Lipinski definition) is 3. The Bertz CT molecular complexity index is 313. The van der Waals surface area contributed by atoms with Gasteiger partial charge in [0.05, 0.1) is 0 Å². The number of carboxylic acids is 1. The van der Waals surface area contributed by atoms with Crippen LogP contribution in [0, 0.1) is 0 Å². The zero-order chi connectivity index (χ0) is 11.8. The van der Waals surface area contributed by atoms with Crippen LogP contribution in [0.4, 0.5) is 0 Å². The van der Waals surface area contributed by atoms with Crippen LogP contribution in [0.5, 0.6) is 5.75 Å². The lowest BCUT2D eigenvalue weighted by atomic mass is 10.1. The van der Waals surface area contributed by atoms with E-state index in [1.807, 2.05) is 25.1 Å². The third-order valence-electron chi connectivity index (χ3n) is 2.21. The highest BCUT2D eigenvalue weighted by Crippen LogP contribution is 2.08. The second-order valence-electron chi connectivity index (χ2n) is 3.57. The Hall–Kier alpha value is -1.55. The second-order valence-corrected chi connectivity index (χ2v) is 3.57. The van der Waals surface area contributed by atoms with E-state index in [-0.39, 0.29) is 0 Å². The second kappa shape index (κ2) is 6.85. The predicted molar refractivity (Wildman–Crippen MR) is 61.2 cm³/mol. The average molecular weight is 223 g/mol. The average Bonchev–Trinajstić information content (AvgIpc) is 2.30. The molecule has 1 aromatic carbocycles. The number of carboxylic acid groups (broad SMARTS) is 1. The third kappa shape index (κ3) is 4.31. The van der Waals surface area contributed by atoms with Crippen molar-refractivity contribution in [3.8, 4) is 5.75 Å². The number of nitrogens with one attached hydrogen (secondary N) is 1. The summed E-state index contributed by atoms with van der Waals surface area (Å²) < 4.78 is 0.